The van der Waals surface area contributed by atoms with Crippen LogP contribution in [0.4, 0.5) is 0 Å². The number of rotatable bonds is 22. The number of hydrogen-bond acceptors (Lipinski definition) is 19. The third kappa shape index (κ3) is 53.2. The predicted octanol–water partition coefficient (Wildman–Crippen LogP) is -6.34. The van der Waals surface area contributed by atoms with Gasteiger partial charge in [0.25, 0.3) is 0 Å². The monoisotopic (exact) mass is 726 g/mol. The molecule has 0 aliphatic carbocycles. The van der Waals surface area contributed by atoms with Gasteiger partial charge in [0.05, 0.1) is 31.8 Å². The van der Waals surface area contributed by atoms with E-state index in [1.54, 1.807) is 0 Å². The molecule has 0 unspecified atom stereocenters. The van der Waals surface area contributed by atoms with Crippen molar-refractivity contribution in [2.75, 3.05) is 60.9 Å². The molecular weight excluding hydrogens is 690 g/mol. The van der Waals surface area contributed by atoms with Crippen LogP contribution < -0.4 is 30.6 Å². The molecule has 0 aliphatic heterocycles. The van der Waals surface area contributed by atoms with Crippen molar-refractivity contribution in [3.05, 3.63) is 0 Å². The predicted molar refractivity (Wildman–Crippen MR) is 154 cm³/mol. The van der Waals surface area contributed by atoms with Gasteiger partial charge in [0.2, 0.25) is 0 Å². The first kappa shape index (κ1) is 55.0. The summed E-state index contributed by atoms with van der Waals surface area (Å²) in [5.74, 6) is -4.24. The normalized spacial score (nSPS) is 9.55. The van der Waals surface area contributed by atoms with Crippen LogP contribution in [0.25, 0.3) is 0 Å². The van der Waals surface area contributed by atoms with Crippen molar-refractivity contribution in [1.82, 2.24) is 0 Å². The van der Waals surface area contributed by atoms with Gasteiger partial charge in [-0.05, 0) is 73.0 Å². The molecule has 0 fully saturated rings. The molecule has 44 heavy (non-hydrogen) atoms. The SMILES string of the molecule is O=C([O-])CCSCCC(=O)[O-].O=C([O-])CCSCCC(=O)[O-].O=C([O-])CCSCCC(=O)[O-].OCC(CO)(CO)CO.[P+3].[P+3]. The first-order valence-corrected chi connectivity index (χ1v) is 15.4. The molecule has 0 atom stereocenters. The number of carboxylic acids is 6. The second kappa shape index (κ2) is 39.6. The van der Waals surface area contributed by atoms with Crippen LogP contribution in [0.2, 0.25) is 0 Å². The van der Waals surface area contributed by atoms with Crippen molar-refractivity contribution in [2.45, 2.75) is 38.5 Å². The summed E-state index contributed by atoms with van der Waals surface area (Å²) in [5.41, 5.74) is -1.11. The van der Waals surface area contributed by atoms with E-state index in [-0.39, 0.29) is 58.3 Å². The Balaban J connectivity index is -0.000000108. The van der Waals surface area contributed by atoms with Crippen LogP contribution in [0, 0.1) is 5.41 Å². The molecule has 0 spiro atoms. The number of aliphatic carboxylic acids is 6. The standard InChI is InChI=1S/3C6H10O4S.C5H12O4.2P/c3*7-5(8)1-3-11-4-2-6(9)10;6-1-5(2-7,3-8)4-9;;/h3*1-4H2,(H,7,8)(H,9,10);6-9H,1-4H2;;/q;;;;2*+3/p-6. The summed E-state index contributed by atoms with van der Waals surface area (Å²) in [6.45, 7) is -1.62. The third-order valence-electron chi connectivity index (χ3n) is 4.04. The molecule has 0 heterocycles. The van der Waals surface area contributed by atoms with Crippen LogP contribution >= 0.6 is 55.1 Å². The van der Waals surface area contributed by atoms with E-state index in [2.05, 4.69) is 0 Å². The van der Waals surface area contributed by atoms with Crippen LogP contribution in [0.1, 0.15) is 38.5 Å². The quantitative estimate of drug-likeness (QED) is 0.0595. The zero-order valence-electron chi connectivity index (χ0n) is 23.6. The summed E-state index contributed by atoms with van der Waals surface area (Å²) in [6.07, 6.45) is -0.180. The number of carboxylic acid groups (broad SMARTS) is 6. The van der Waals surface area contributed by atoms with Gasteiger partial charge in [-0.25, -0.2) is 0 Å². The molecule has 0 bridgehead atoms. The average Bonchev–Trinajstić information content (AvgIpc) is 2.90. The Kier molecular flexibility index (Phi) is 49.5. The Hall–Kier alpha value is -1.43. The molecule has 16 nitrogen and oxygen atoms in total. The fourth-order valence-electron chi connectivity index (χ4n) is 1.54. The summed E-state index contributed by atoms with van der Waals surface area (Å²) in [4.78, 5) is 59.1. The number of carbonyl (C=O) groups is 6. The molecule has 0 saturated carbocycles. The zero-order chi connectivity index (χ0) is 33.4. The van der Waals surface area contributed by atoms with E-state index >= 15 is 0 Å². The average molecular weight is 727 g/mol. The zero-order valence-corrected chi connectivity index (χ0v) is 27.9. The van der Waals surface area contributed by atoms with E-state index in [1.165, 1.54) is 35.3 Å². The first-order valence-electron chi connectivity index (χ1n) is 12.0. The maximum Gasteiger partial charge on any atom is 3.00 e. The van der Waals surface area contributed by atoms with Gasteiger partial charge in [-0.1, -0.05) is 0 Å². The second-order valence-electron chi connectivity index (χ2n) is 7.70. The van der Waals surface area contributed by atoms with E-state index in [1.807, 2.05) is 0 Å². The summed E-state index contributed by atoms with van der Waals surface area (Å²) in [7, 11) is 0. The largest absolute Gasteiger partial charge is 3.00 e. The fraction of sp³-hybridized carbons (Fsp3) is 0.739. The number of thioether (sulfide) groups is 3. The molecule has 0 aromatic carbocycles. The van der Waals surface area contributed by atoms with E-state index in [0.29, 0.717) is 34.5 Å². The van der Waals surface area contributed by atoms with Gasteiger partial charge in [0, 0.05) is 35.8 Å². The van der Waals surface area contributed by atoms with Gasteiger partial charge in [-0.3, -0.25) is 0 Å². The summed E-state index contributed by atoms with van der Waals surface area (Å²) in [6, 6.07) is 0. The summed E-state index contributed by atoms with van der Waals surface area (Å²) in [5, 5.41) is 93.0. The number of hydrogen-bond donors (Lipinski definition) is 4. The van der Waals surface area contributed by atoms with Gasteiger partial charge in [-0.2, -0.15) is 35.3 Å². The second-order valence-corrected chi connectivity index (χ2v) is 11.4. The first-order chi connectivity index (χ1) is 19.6. The van der Waals surface area contributed by atoms with Gasteiger partial charge in [0.1, 0.15) is 0 Å². The van der Waals surface area contributed by atoms with Crippen molar-refractivity contribution in [3.8, 4) is 0 Å². The Bertz CT molecular complexity index is 613. The number of aliphatic hydroxyl groups excluding tert-OH is 4. The Labute approximate surface area is 275 Å². The van der Waals surface area contributed by atoms with Gasteiger partial charge >= 0.3 is 19.8 Å². The van der Waals surface area contributed by atoms with Crippen LogP contribution in [-0.4, -0.2) is 117 Å². The molecular formula is C23H36O16P2S3. The Morgan fingerprint density at radius 1 is 0.386 bits per heavy atom. The minimum absolute atomic E-state index is 0. The molecule has 4 radical (unpaired) electrons. The van der Waals surface area contributed by atoms with E-state index in [0.717, 1.165) is 0 Å². The Morgan fingerprint density at radius 2 is 0.523 bits per heavy atom. The van der Waals surface area contributed by atoms with Gasteiger partial charge < -0.3 is 79.8 Å². The minimum Gasteiger partial charge on any atom is -0.550 e. The van der Waals surface area contributed by atoms with Crippen molar-refractivity contribution in [3.63, 3.8) is 0 Å². The molecule has 21 heteroatoms. The van der Waals surface area contributed by atoms with Crippen molar-refractivity contribution in [1.29, 1.82) is 0 Å². The number of aliphatic hydroxyl groups is 4. The summed E-state index contributed by atoms with van der Waals surface area (Å²) >= 11 is 3.80. The van der Waals surface area contributed by atoms with Crippen LogP contribution in [0.3, 0.4) is 0 Å². The molecule has 0 rings (SSSR count). The molecule has 4 N–H and O–H groups in total. The van der Waals surface area contributed by atoms with Crippen molar-refractivity contribution >= 4 is 90.9 Å². The Morgan fingerprint density at radius 3 is 0.591 bits per heavy atom. The summed E-state index contributed by atoms with van der Waals surface area (Å²) < 4.78 is 0. The van der Waals surface area contributed by atoms with E-state index < -0.39 is 67.7 Å². The maximum absolute atomic E-state index is 9.84. The molecule has 0 amide bonds. The van der Waals surface area contributed by atoms with Crippen LogP contribution in [0.5, 0.6) is 0 Å². The van der Waals surface area contributed by atoms with Gasteiger partial charge in [-0.15, -0.1) is 0 Å². The third-order valence-corrected chi connectivity index (χ3v) is 7.00. The van der Waals surface area contributed by atoms with Gasteiger partial charge in [0.15, 0.2) is 0 Å². The van der Waals surface area contributed by atoms with Crippen LogP contribution in [0.15, 0.2) is 0 Å². The molecule has 0 aromatic rings. The topological polar surface area (TPSA) is 322 Å². The minimum atomic E-state index is -1.11. The fourth-order valence-corrected chi connectivity index (χ4v) is 4.02. The molecule has 0 saturated heterocycles. The molecule has 0 aliphatic rings. The molecule has 0 aromatic heterocycles. The van der Waals surface area contributed by atoms with Crippen molar-refractivity contribution in [2.24, 2.45) is 5.41 Å². The maximum atomic E-state index is 9.84. The number of carbonyl (C=O) groups excluding carboxylic acids is 6. The van der Waals surface area contributed by atoms with Crippen LogP contribution in [-0.2, 0) is 28.8 Å². The van der Waals surface area contributed by atoms with E-state index in [4.69, 9.17) is 20.4 Å². The smallest absolute Gasteiger partial charge is 0.550 e. The molecule has 252 valence electrons. The van der Waals surface area contributed by atoms with E-state index in [9.17, 15) is 59.4 Å². The van der Waals surface area contributed by atoms with Crippen molar-refractivity contribution < 1.29 is 79.8 Å².